The summed E-state index contributed by atoms with van der Waals surface area (Å²) in [5.41, 5.74) is 3.20. The molecule has 0 saturated heterocycles. The molecule has 0 fully saturated rings. The monoisotopic (exact) mass is 336 g/mol. The number of nitrogens with zero attached hydrogens (tertiary/aromatic N) is 1. The SMILES string of the molecule is CCOc1ccc(CNC(=O)c2ncoc2-c2cccc(C)c2)cc1. The molecule has 0 aliphatic heterocycles. The summed E-state index contributed by atoms with van der Waals surface area (Å²) in [6.45, 7) is 4.97. The molecule has 1 amide bonds. The lowest BCUT2D eigenvalue weighted by Crippen LogP contribution is -2.23. The summed E-state index contributed by atoms with van der Waals surface area (Å²) in [6, 6.07) is 15.4. The first-order chi connectivity index (χ1) is 12.2. The Morgan fingerprint density at radius 3 is 2.72 bits per heavy atom. The smallest absolute Gasteiger partial charge is 0.274 e. The largest absolute Gasteiger partial charge is 0.494 e. The maximum absolute atomic E-state index is 12.5. The Balaban J connectivity index is 1.69. The Hall–Kier alpha value is -3.08. The average molecular weight is 336 g/mol. The number of aryl methyl sites for hydroxylation is 1. The molecule has 0 aliphatic carbocycles. The Morgan fingerprint density at radius 1 is 1.20 bits per heavy atom. The summed E-state index contributed by atoms with van der Waals surface area (Å²) in [7, 11) is 0. The molecule has 25 heavy (non-hydrogen) atoms. The number of hydrogen-bond acceptors (Lipinski definition) is 4. The summed E-state index contributed by atoms with van der Waals surface area (Å²) >= 11 is 0. The highest BCUT2D eigenvalue weighted by molar-refractivity contribution is 5.97. The molecular formula is C20H20N2O3. The van der Waals surface area contributed by atoms with Crippen molar-refractivity contribution in [3.05, 3.63) is 71.7 Å². The predicted molar refractivity (Wildman–Crippen MR) is 95.5 cm³/mol. The standard InChI is InChI=1S/C20H20N2O3/c1-3-24-17-9-7-15(8-10-17)12-21-20(23)18-19(25-13-22-18)16-6-4-5-14(2)11-16/h4-11,13H,3,12H2,1-2H3,(H,21,23). The van der Waals surface area contributed by atoms with Crippen molar-refractivity contribution in [2.24, 2.45) is 0 Å². The van der Waals surface area contributed by atoms with Gasteiger partial charge in [0, 0.05) is 12.1 Å². The van der Waals surface area contributed by atoms with E-state index >= 15 is 0 Å². The van der Waals surface area contributed by atoms with Crippen LogP contribution in [0.4, 0.5) is 0 Å². The molecular weight excluding hydrogens is 316 g/mol. The van der Waals surface area contributed by atoms with Gasteiger partial charge in [-0.25, -0.2) is 4.98 Å². The summed E-state index contributed by atoms with van der Waals surface area (Å²) < 4.78 is 10.8. The maximum Gasteiger partial charge on any atom is 0.274 e. The third kappa shape index (κ3) is 4.07. The van der Waals surface area contributed by atoms with Gasteiger partial charge in [-0.2, -0.15) is 0 Å². The van der Waals surface area contributed by atoms with E-state index in [0.717, 1.165) is 22.4 Å². The van der Waals surface area contributed by atoms with E-state index in [1.807, 2.05) is 62.4 Å². The molecule has 128 valence electrons. The van der Waals surface area contributed by atoms with Crippen molar-refractivity contribution >= 4 is 5.91 Å². The average Bonchev–Trinajstić information content (AvgIpc) is 3.11. The lowest BCUT2D eigenvalue weighted by atomic mass is 10.1. The molecule has 3 aromatic rings. The summed E-state index contributed by atoms with van der Waals surface area (Å²) in [5.74, 6) is 1.03. The number of rotatable bonds is 6. The third-order valence-corrected chi connectivity index (χ3v) is 3.75. The van der Waals surface area contributed by atoms with Crippen LogP contribution >= 0.6 is 0 Å². The van der Waals surface area contributed by atoms with Crippen LogP contribution in [0, 0.1) is 6.92 Å². The Labute approximate surface area is 146 Å². The molecule has 1 N–H and O–H groups in total. The van der Waals surface area contributed by atoms with Crippen LogP contribution < -0.4 is 10.1 Å². The van der Waals surface area contributed by atoms with Gasteiger partial charge in [-0.05, 0) is 37.6 Å². The molecule has 0 aliphatic rings. The normalized spacial score (nSPS) is 10.5. The maximum atomic E-state index is 12.5. The van der Waals surface area contributed by atoms with Crippen molar-refractivity contribution < 1.29 is 13.9 Å². The van der Waals surface area contributed by atoms with Gasteiger partial charge in [-0.15, -0.1) is 0 Å². The van der Waals surface area contributed by atoms with Crippen LogP contribution in [0.15, 0.2) is 59.3 Å². The van der Waals surface area contributed by atoms with Gasteiger partial charge in [0.05, 0.1) is 6.61 Å². The van der Waals surface area contributed by atoms with Crippen LogP contribution in [0.25, 0.3) is 11.3 Å². The van der Waals surface area contributed by atoms with Crippen LogP contribution in [-0.2, 0) is 6.54 Å². The first-order valence-electron chi connectivity index (χ1n) is 8.18. The number of oxazole rings is 1. The van der Waals surface area contributed by atoms with E-state index in [2.05, 4.69) is 10.3 Å². The van der Waals surface area contributed by atoms with Crippen LogP contribution in [0.3, 0.4) is 0 Å². The molecule has 0 unspecified atom stereocenters. The number of carbonyl (C=O) groups is 1. The van der Waals surface area contributed by atoms with Gasteiger partial charge in [0.1, 0.15) is 5.75 Å². The fourth-order valence-electron chi connectivity index (χ4n) is 2.54. The van der Waals surface area contributed by atoms with E-state index in [1.165, 1.54) is 6.39 Å². The van der Waals surface area contributed by atoms with Crippen molar-refractivity contribution in [1.29, 1.82) is 0 Å². The highest BCUT2D eigenvalue weighted by atomic mass is 16.5. The highest BCUT2D eigenvalue weighted by Crippen LogP contribution is 2.24. The van der Waals surface area contributed by atoms with E-state index in [9.17, 15) is 4.79 Å². The fraction of sp³-hybridized carbons (Fsp3) is 0.200. The molecule has 1 heterocycles. The first-order valence-corrected chi connectivity index (χ1v) is 8.18. The minimum absolute atomic E-state index is 0.265. The van der Waals surface area contributed by atoms with Gasteiger partial charge in [-0.3, -0.25) is 4.79 Å². The van der Waals surface area contributed by atoms with Gasteiger partial charge in [0.2, 0.25) is 0 Å². The highest BCUT2D eigenvalue weighted by Gasteiger charge is 2.18. The Morgan fingerprint density at radius 2 is 2.00 bits per heavy atom. The van der Waals surface area contributed by atoms with Crippen molar-refractivity contribution in [1.82, 2.24) is 10.3 Å². The summed E-state index contributed by atoms with van der Waals surface area (Å²) in [6.07, 6.45) is 1.30. The zero-order valence-electron chi connectivity index (χ0n) is 14.3. The molecule has 0 spiro atoms. The molecule has 3 rings (SSSR count). The van der Waals surface area contributed by atoms with Crippen LogP contribution in [0.2, 0.25) is 0 Å². The van der Waals surface area contributed by atoms with E-state index in [0.29, 0.717) is 18.9 Å². The Bertz CT molecular complexity index is 853. The first kappa shape index (κ1) is 16.8. The molecule has 1 aromatic heterocycles. The number of benzene rings is 2. The number of ether oxygens (including phenoxy) is 1. The van der Waals surface area contributed by atoms with E-state index in [1.54, 1.807) is 0 Å². The lowest BCUT2D eigenvalue weighted by Gasteiger charge is -2.07. The molecule has 5 heteroatoms. The molecule has 0 saturated carbocycles. The summed E-state index contributed by atoms with van der Waals surface area (Å²) in [5, 5.41) is 2.88. The molecule has 5 nitrogen and oxygen atoms in total. The van der Waals surface area contributed by atoms with Crippen molar-refractivity contribution in [3.8, 4) is 17.1 Å². The third-order valence-electron chi connectivity index (χ3n) is 3.75. The second-order valence-corrected chi connectivity index (χ2v) is 5.66. The fourth-order valence-corrected chi connectivity index (χ4v) is 2.54. The minimum Gasteiger partial charge on any atom is -0.494 e. The second-order valence-electron chi connectivity index (χ2n) is 5.66. The van der Waals surface area contributed by atoms with Crippen molar-refractivity contribution in [2.45, 2.75) is 20.4 Å². The number of aromatic nitrogens is 1. The predicted octanol–water partition coefficient (Wildman–Crippen LogP) is 3.98. The number of hydrogen-bond donors (Lipinski definition) is 1. The van der Waals surface area contributed by atoms with Crippen molar-refractivity contribution in [3.63, 3.8) is 0 Å². The van der Waals surface area contributed by atoms with Gasteiger partial charge < -0.3 is 14.5 Å². The summed E-state index contributed by atoms with van der Waals surface area (Å²) in [4.78, 5) is 16.5. The zero-order valence-corrected chi connectivity index (χ0v) is 14.3. The van der Waals surface area contributed by atoms with E-state index in [-0.39, 0.29) is 11.6 Å². The molecule has 0 bridgehead atoms. The second kappa shape index (κ2) is 7.66. The van der Waals surface area contributed by atoms with Gasteiger partial charge in [0.25, 0.3) is 5.91 Å². The number of nitrogens with one attached hydrogen (secondary N) is 1. The minimum atomic E-state index is -0.265. The zero-order chi connectivity index (χ0) is 17.6. The molecule has 0 radical (unpaired) electrons. The van der Waals surface area contributed by atoms with Crippen LogP contribution in [0.1, 0.15) is 28.5 Å². The van der Waals surface area contributed by atoms with Crippen molar-refractivity contribution in [2.75, 3.05) is 6.61 Å². The Kier molecular flexibility index (Phi) is 5.14. The van der Waals surface area contributed by atoms with Crippen LogP contribution in [-0.4, -0.2) is 17.5 Å². The van der Waals surface area contributed by atoms with Crippen LogP contribution in [0.5, 0.6) is 5.75 Å². The quantitative estimate of drug-likeness (QED) is 0.739. The van der Waals surface area contributed by atoms with Gasteiger partial charge >= 0.3 is 0 Å². The lowest BCUT2D eigenvalue weighted by molar-refractivity contribution is 0.0947. The number of amides is 1. The molecule has 2 aromatic carbocycles. The van der Waals surface area contributed by atoms with Gasteiger partial charge in [-0.1, -0.05) is 35.9 Å². The van der Waals surface area contributed by atoms with E-state index in [4.69, 9.17) is 9.15 Å². The molecule has 0 atom stereocenters. The topological polar surface area (TPSA) is 64.4 Å². The number of carbonyl (C=O) groups excluding carboxylic acids is 1. The van der Waals surface area contributed by atoms with E-state index < -0.39 is 0 Å². The van der Waals surface area contributed by atoms with Gasteiger partial charge in [0.15, 0.2) is 17.8 Å².